The molecule has 0 bridgehead atoms. The van der Waals surface area contributed by atoms with Crippen LogP contribution in [0.1, 0.15) is 18.9 Å². The van der Waals surface area contributed by atoms with Gasteiger partial charge in [-0.25, -0.2) is 17.9 Å². The number of hydrogen-bond donors (Lipinski definition) is 2. The SMILES string of the molecule is CCCNC(=O)NS(=O)(=O)Cc1ccccc1. The molecule has 0 aromatic heterocycles. The number of carbonyl (C=O) groups excluding carboxylic acids is 1. The monoisotopic (exact) mass is 256 g/mol. The number of hydrogen-bond acceptors (Lipinski definition) is 3. The summed E-state index contributed by atoms with van der Waals surface area (Å²) in [4.78, 5) is 11.2. The van der Waals surface area contributed by atoms with E-state index in [4.69, 9.17) is 0 Å². The van der Waals surface area contributed by atoms with E-state index in [0.717, 1.165) is 6.42 Å². The van der Waals surface area contributed by atoms with E-state index in [1.807, 2.05) is 11.6 Å². The maximum Gasteiger partial charge on any atom is 0.328 e. The molecular formula is C11H16N2O3S. The van der Waals surface area contributed by atoms with Gasteiger partial charge in [-0.15, -0.1) is 0 Å². The summed E-state index contributed by atoms with van der Waals surface area (Å²) in [5, 5.41) is 2.45. The maximum atomic E-state index is 11.6. The molecule has 0 saturated heterocycles. The number of rotatable bonds is 5. The summed E-state index contributed by atoms with van der Waals surface area (Å²) in [7, 11) is -3.63. The fourth-order valence-electron chi connectivity index (χ4n) is 1.25. The minimum atomic E-state index is -3.63. The highest BCUT2D eigenvalue weighted by atomic mass is 32.2. The van der Waals surface area contributed by atoms with Crippen molar-refractivity contribution in [2.24, 2.45) is 0 Å². The van der Waals surface area contributed by atoms with Gasteiger partial charge in [0.1, 0.15) is 0 Å². The van der Waals surface area contributed by atoms with Gasteiger partial charge in [0.05, 0.1) is 5.75 Å². The number of amides is 2. The standard InChI is InChI=1S/C11H16N2O3S/c1-2-8-12-11(14)13-17(15,16)9-10-6-4-3-5-7-10/h3-7H,2,8-9H2,1H3,(H2,12,13,14). The number of nitrogens with one attached hydrogen (secondary N) is 2. The zero-order valence-electron chi connectivity index (χ0n) is 9.64. The molecule has 1 aromatic rings. The highest BCUT2D eigenvalue weighted by molar-refractivity contribution is 7.89. The van der Waals surface area contributed by atoms with Crippen molar-refractivity contribution in [2.45, 2.75) is 19.1 Å². The van der Waals surface area contributed by atoms with E-state index in [0.29, 0.717) is 12.1 Å². The summed E-state index contributed by atoms with van der Waals surface area (Å²) in [5.41, 5.74) is 0.642. The minimum absolute atomic E-state index is 0.201. The van der Waals surface area contributed by atoms with E-state index >= 15 is 0 Å². The fraction of sp³-hybridized carbons (Fsp3) is 0.364. The molecule has 0 aliphatic carbocycles. The lowest BCUT2D eigenvalue weighted by Gasteiger charge is -2.07. The van der Waals surface area contributed by atoms with Crippen LogP contribution in [-0.4, -0.2) is 21.0 Å². The summed E-state index contributed by atoms with van der Waals surface area (Å²) in [5.74, 6) is -0.201. The first-order valence-electron chi connectivity index (χ1n) is 5.36. The first-order valence-corrected chi connectivity index (χ1v) is 7.01. The second-order valence-electron chi connectivity index (χ2n) is 3.60. The van der Waals surface area contributed by atoms with Crippen molar-refractivity contribution in [3.05, 3.63) is 35.9 Å². The van der Waals surface area contributed by atoms with Crippen molar-refractivity contribution >= 4 is 16.1 Å². The van der Waals surface area contributed by atoms with E-state index in [9.17, 15) is 13.2 Å². The van der Waals surface area contributed by atoms with Gasteiger partial charge in [-0.1, -0.05) is 37.3 Å². The molecular weight excluding hydrogens is 240 g/mol. The van der Waals surface area contributed by atoms with Gasteiger partial charge in [0.2, 0.25) is 10.0 Å². The van der Waals surface area contributed by atoms with E-state index < -0.39 is 16.1 Å². The fourth-order valence-corrected chi connectivity index (χ4v) is 2.30. The van der Waals surface area contributed by atoms with Crippen LogP contribution in [0.25, 0.3) is 0 Å². The zero-order chi connectivity index (χ0) is 12.7. The third-order valence-electron chi connectivity index (χ3n) is 1.98. The molecule has 0 unspecified atom stereocenters. The van der Waals surface area contributed by atoms with Gasteiger partial charge in [-0.05, 0) is 12.0 Å². The van der Waals surface area contributed by atoms with Crippen molar-refractivity contribution in [2.75, 3.05) is 6.54 Å². The van der Waals surface area contributed by atoms with Crippen LogP contribution in [0.5, 0.6) is 0 Å². The van der Waals surface area contributed by atoms with Crippen molar-refractivity contribution in [3.63, 3.8) is 0 Å². The Labute approximate surface area is 101 Å². The quantitative estimate of drug-likeness (QED) is 0.832. The third-order valence-corrected chi connectivity index (χ3v) is 3.19. The molecule has 0 saturated carbocycles. The summed E-state index contributed by atoms with van der Waals surface area (Å²) in [6.07, 6.45) is 0.756. The van der Waals surface area contributed by atoms with Crippen LogP contribution in [0.2, 0.25) is 0 Å². The summed E-state index contributed by atoms with van der Waals surface area (Å²) < 4.78 is 25.2. The van der Waals surface area contributed by atoms with Crippen LogP contribution >= 0.6 is 0 Å². The molecule has 1 rings (SSSR count). The Morgan fingerprint density at radius 1 is 1.24 bits per heavy atom. The Balaban J connectivity index is 2.55. The second kappa shape index (κ2) is 6.24. The molecule has 0 aliphatic heterocycles. The predicted octanol–water partition coefficient (Wildman–Crippen LogP) is 1.23. The van der Waals surface area contributed by atoms with E-state index in [1.54, 1.807) is 30.3 Å². The smallest absolute Gasteiger partial charge is 0.328 e. The molecule has 0 fully saturated rings. The first-order chi connectivity index (χ1) is 8.03. The molecule has 1 aromatic carbocycles. The van der Waals surface area contributed by atoms with Crippen LogP contribution in [0.3, 0.4) is 0 Å². The van der Waals surface area contributed by atoms with Gasteiger partial charge in [-0.2, -0.15) is 0 Å². The van der Waals surface area contributed by atoms with Crippen molar-refractivity contribution < 1.29 is 13.2 Å². The Kier molecular flexibility index (Phi) is 4.96. The van der Waals surface area contributed by atoms with Gasteiger partial charge in [0.15, 0.2) is 0 Å². The normalized spacial score (nSPS) is 10.9. The highest BCUT2D eigenvalue weighted by Crippen LogP contribution is 2.03. The third kappa shape index (κ3) is 5.35. The van der Waals surface area contributed by atoms with Crippen LogP contribution in [0.15, 0.2) is 30.3 Å². The maximum absolute atomic E-state index is 11.6. The topological polar surface area (TPSA) is 75.3 Å². The van der Waals surface area contributed by atoms with Crippen LogP contribution in [0.4, 0.5) is 4.79 Å². The van der Waals surface area contributed by atoms with Gasteiger partial charge in [-0.3, -0.25) is 0 Å². The molecule has 17 heavy (non-hydrogen) atoms. The van der Waals surface area contributed by atoms with Crippen LogP contribution in [-0.2, 0) is 15.8 Å². The Hall–Kier alpha value is -1.56. The van der Waals surface area contributed by atoms with Gasteiger partial charge in [0.25, 0.3) is 0 Å². The summed E-state index contributed by atoms with van der Waals surface area (Å²) in [6, 6.07) is 8.02. The molecule has 0 spiro atoms. The number of urea groups is 1. The Morgan fingerprint density at radius 2 is 1.88 bits per heavy atom. The molecule has 0 heterocycles. The van der Waals surface area contributed by atoms with E-state index in [2.05, 4.69) is 5.32 Å². The largest absolute Gasteiger partial charge is 0.337 e. The summed E-state index contributed by atoms with van der Waals surface area (Å²) >= 11 is 0. The molecule has 2 N–H and O–H groups in total. The molecule has 0 radical (unpaired) electrons. The number of carbonyl (C=O) groups is 1. The van der Waals surface area contributed by atoms with E-state index in [1.165, 1.54) is 0 Å². The zero-order valence-corrected chi connectivity index (χ0v) is 10.5. The van der Waals surface area contributed by atoms with Crippen molar-refractivity contribution in [3.8, 4) is 0 Å². The first kappa shape index (κ1) is 13.5. The average Bonchev–Trinajstić information content (AvgIpc) is 2.26. The summed E-state index contributed by atoms with van der Waals surface area (Å²) in [6.45, 7) is 2.34. The van der Waals surface area contributed by atoms with Gasteiger partial charge >= 0.3 is 6.03 Å². The highest BCUT2D eigenvalue weighted by Gasteiger charge is 2.14. The molecule has 94 valence electrons. The number of benzene rings is 1. The molecule has 5 nitrogen and oxygen atoms in total. The van der Waals surface area contributed by atoms with Crippen molar-refractivity contribution in [1.29, 1.82) is 0 Å². The Bertz CT molecular complexity index is 457. The minimum Gasteiger partial charge on any atom is -0.337 e. The lowest BCUT2D eigenvalue weighted by Crippen LogP contribution is -2.40. The molecule has 6 heteroatoms. The Morgan fingerprint density at radius 3 is 2.47 bits per heavy atom. The average molecular weight is 256 g/mol. The lowest BCUT2D eigenvalue weighted by atomic mass is 10.2. The number of sulfonamides is 1. The van der Waals surface area contributed by atoms with Gasteiger partial charge in [0, 0.05) is 6.54 Å². The predicted molar refractivity (Wildman–Crippen MR) is 65.9 cm³/mol. The molecule has 0 atom stereocenters. The second-order valence-corrected chi connectivity index (χ2v) is 5.32. The van der Waals surface area contributed by atoms with Gasteiger partial charge < -0.3 is 5.32 Å². The lowest BCUT2D eigenvalue weighted by molar-refractivity contribution is 0.246. The van der Waals surface area contributed by atoms with Crippen LogP contribution in [0, 0.1) is 0 Å². The van der Waals surface area contributed by atoms with Crippen LogP contribution < -0.4 is 10.0 Å². The molecule has 2 amide bonds. The van der Waals surface area contributed by atoms with Crippen molar-refractivity contribution in [1.82, 2.24) is 10.0 Å². The molecule has 0 aliphatic rings. The van der Waals surface area contributed by atoms with E-state index in [-0.39, 0.29) is 5.75 Å².